The summed E-state index contributed by atoms with van der Waals surface area (Å²) >= 11 is 0. The van der Waals surface area contributed by atoms with E-state index in [0.717, 1.165) is 5.56 Å². The summed E-state index contributed by atoms with van der Waals surface area (Å²) in [6.45, 7) is 3.22. The summed E-state index contributed by atoms with van der Waals surface area (Å²) in [6.07, 6.45) is 0.531. The maximum Gasteiger partial charge on any atom is 0.243 e. The SMILES string of the molecule is Cc1ccc(S(=O)(=O)N2CCCN(C(=O)C3CC(=O)N(c4ccccc4F)C3)CC2)cc1. The summed E-state index contributed by atoms with van der Waals surface area (Å²) in [4.78, 5) is 28.8. The van der Waals surface area contributed by atoms with Crippen LogP contribution in [0.4, 0.5) is 10.1 Å². The molecule has 0 bridgehead atoms. The minimum atomic E-state index is -3.64. The minimum Gasteiger partial charge on any atom is -0.341 e. The van der Waals surface area contributed by atoms with E-state index < -0.39 is 21.8 Å². The Labute approximate surface area is 187 Å². The number of amides is 2. The molecule has 2 heterocycles. The van der Waals surface area contributed by atoms with Gasteiger partial charge >= 0.3 is 0 Å². The molecule has 170 valence electrons. The van der Waals surface area contributed by atoms with Crippen molar-refractivity contribution in [2.45, 2.75) is 24.7 Å². The number of rotatable bonds is 4. The summed E-state index contributed by atoms with van der Waals surface area (Å²) in [5.41, 5.74) is 1.16. The molecule has 0 aliphatic carbocycles. The molecule has 2 aliphatic rings. The third kappa shape index (κ3) is 4.40. The highest BCUT2D eigenvalue weighted by molar-refractivity contribution is 7.89. The number of nitrogens with zero attached hydrogens (tertiary/aromatic N) is 3. The zero-order chi connectivity index (χ0) is 22.9. The normalized spacial score (nSPS) is 20.4. The molecule has 2 saturated heterocycles. The van der Waals surface area contributed by atoms with Gasteiger partial charge in [0.1, 0.15) is 5.82 Å². The fourth-order valence-electron chi connectivity index (χ4n) is 4.25. The van der Waals surface area contributed by atoms with Gasteiger partial charge in [-0.3, -0.25) is 9.59 Å². The van der Waals surface area contributed by atoms with Crippen LogP contribution in [0.1, 0.15) is 18.4 Å². The van der Waals surface area contributed by atoms with Crippen LogP contribution in [0.5, 0.6) is 0 Å². The third-order valence-electron chi connectivity index (χ3n) is 6.04. The molecule has 1 unspecified atom stereocenters. The van der Waals surface area contributed by atoms with Crippen molar-refractivity contribution < 1.29 is 22.4 Å². The number of hydrogen-bond donors (Lipinski definition) is 0. The van der Waals surface area contributed by atoms with E-state index in [1.807, 2.05) is 6.92 Å². The van der Waals surface area contributed by atoms with Gasteiger partial charge in [-0.15, -0.1) is 0 Å². The molecule has 1 atom stereocenters. The summed E-state index contributed by atoms with van der Waals surface area (Å²) < 4.78 is 41.5. The lowest BCUT2D eigenvalue weighted by molar-refractivity contribution is -0.135. The van der Waals surface area contributed by atoms with Crippen molar-refractivity contribution >= 4 is 27.5 Å². The first-order chi connectivity index (χ1) is 15.3. The Balaban J connectivity index is 1.42. The molecule has 9 heteroatoms. The van der Waals surface area contributed by atoms with Crippen LogP contribution < -0.4 is 4.90 Å². The van der Waals surface area contributed by atoms with E-state index in [0.29, 0.717) is 19.5 Å². The summed E-state index contributed by atoms with van der Waals surface area (Å²) in [6, 6.07) is 12.7. The van der Waals surface area contributed by atoms with Crippen LogP contribution in [0.3, 0.4) is 0 Å². The number of halogens is 1. The molecule has 0 radical (unpaired) electrons. The van der Waals surface area contributed by atoms with Gasteiger partial charge in [-0.2, -0.15) is 4.31 Å². The molecule has 0 aromatic heterocycles. The van der Waals surface area contributed by atoms with E-state index in [-0.39, 0.29) is 48.5 Å². The zero-order valence-corrected chi connectivity index (χ0v) is 18.7. The average Bonchev–Trinajstić information content (AvgIpc) is 2.98. The van der Waals surface area contributed by atoms with Crippen molar-refractivity contribution in [3.05, 3.63) is 59.9 Å². The zero-order valence-electron chi connectivity index (χ0n) is 17.9. The maximum absolute atomic E-state index is 14.1. The predicted octanol–water partition coefficient (Wildman–Crippen LogP) is 2.41. The van der Waals surface area contributed by atoms with E-state index in [1.54, 1.807) is 41.3 Å². The quantitative estimate of drug-likeness (QED) is 0.704. The Morgan fingerprint density at radius 2 is 1.72 bits per heavy atom. The number of sulfonamides is 1. The molecule has 2 amide bonds. The number of anilines is 1. The minimum absolute atomic E-state index is 0.0229. The second kappa shape index (κ2) is 8.99. The average molecular weight is 460 g/mol. The molecule has 32 heavy (non-hydrogen) atoms. The lowest BCUT2D eigenvalue weighted by Gasteiger charge is -2.24. The molecular weight excluding hydrogens is 433 g/mol. The first-order valence-corrected chi connectivity index (χ1v) is 12.1. The number of hydrogen-bond acceptors (Lipinski definition) is 4. The van der Waals surface area contributed by atoms with Crippen LogP contribution in [-0.4, -0.2) is 62.2 Å². The van der Waals surface area contributed by atoms with Gasteiger partial charge in [-0.25, -0.2) is 12.8 Å². The van der Waals surface area contributed by atoms with Crippen molar-refractivity contribution in [3.63, 3.8) is 0 Å². The van der Waals surface area contributed by atoms with Crippen LogP contribution in [0.2, 0.25) is 0 Å². The number of carbonyl (C=O) groups is 2. The molecule has 2 aliphatic heterocycles. The summed E-state index contributed by atoms with van der Waals surface area (Å²) in [5, 5.41) is 0. The second-order valence-electron chi connectivity index (χ2n) is 8.25. The Morgan fingerprint density at radius 3 is 2.44 bits per heavy atom. The van der Waals surface area contributed by atoms with Crippen molar-refractivity contribution in [2.24, 2.45) is 5.92 Å². The molecule has 2 aromatic rings. The first-order valence-electron chi connectivity index (χ1n) is 10.7. The summed E-state index contributed by atoms with van der Waals surface area (Å²) in [5.74, 6) is -1.54. The van der Waals surface area contributed by atoms with Crippen molar-refractivity contribution in [1.29, 1.82) is 0 Å². The largest absolute Gasteiger partial charge is 0.341 e. The highest BCUT2D eigenvalue weighted by atomic mass is 32.2. The third-order valence-corrected chi connectivity index (χ3v) is 7.96. The molecule has 0 saturated carbocycles. The number of benzene rings is 2. The van der Waals surface area contributed by atoms with Gasteiger partial charge in [0.05, 0.1) is 16.5 Å². The lowest BCUT2D eigenvalue weighted by atomic mass is 10.1. The van der Waals surface area contributed by atoms with Crippen LogP contribution in [0.15, 0.2) is 53.4 Å². The topological polar surface area (TPSA) is 78.0 Å². The second-order valence-corrected chi connectivity index (χ2v) is 10.2. The van der Waals surface area contributed by atoms with Gasteiger partial charge in [0, 0.05) is 39.1 Å². The van der Waals surface area contributed by atoms with Crippen molar-refractivity contribution in [3.8, 4) is 0 Å². The van der Waals surface area contributed by atoms with Crippen LogP contribution in [0.25, 0.3) is 0 Å². The van der Waals surface area contributed by atoms with E-state index in [2.05, 4.69) is 0 Å². The molecule has 0 spiro atoms. The van der Waals surface area contributed by atoms with Gasteiger partial charge in [-0.05, 0) is 37.6 Å². The Bertz CT molecular complexity index is 1120. The van der Waals surface area contributed by atoms with Gasteiger partial charge < -0.3 is 9.80 Å². The first kappa shape index (κ1) is 22.4. The Hall–Kier alpha value is -2.78. The van der Waals surface area contributed by atoms with Gasteiger partial charge in [0.25, 0.3) is 0 Å². The monoisotopic (exact) mass is 459 g/mol. The molecule has 0 N–H and O–H groups in total. The van der Waals surface area contributed by atoms with Gasteiger partial charge in [0.15, 0.2) is 0 Å². The molecule has 2 fully saturated rings. The van der Waals surface area contributed by atoms with Crippen molar-refractivity contribution in [2.75, 3.05) is 37.6 Å². The van der Waals surface area contributed by atoms with Crippen molar-refractivity contribution in [1.82, 2.24) is 9.21 Å². The molecular formula is C23H26FN3O4S. The van der Waals surface area contributed by atoms with E-state index in [9.17, 15) is 22.4 Å². The molecule has 4 rings (SSSR count). The Kier molecular flexibility index (Phi) is 6.30. The van der Waals surface area contributed by atoms with E-state index in [1.165, 1.54) is 21.3 Å². The maximum atomic E-state index is 14.1. The van der Waals surface area contributed by atoms with Crippen LogP contribution in [-0.2, 0) is 19.6 Å². The number of carbonyl (C=O) groups excluding carboxylic acids is 2. The van der Waals surface area contributed by atoms with Gasteiger partial charge in [-0.1, -0.05) is 29.8 Å². The summed E-state index contributed by atoms with van der Waals surface area (Å²) in [7, 11) is -3.64. The van der Waals surface area contributed by atoms with Crippen LogP contribution in [0, 0.1) is 18.7 Å². The van der Waals surface area contributed by atoms with Crippen LogP contribution >= 0.6 is 0 Å². The smallest absolute Gasteiger partial charge is 0.243 e. The van der Waals surface area contributed by atoms with E-state index >= 15 is 0 Å². The van der Waals surface area contributed by atoms with E-state index in [4.69, 9.17) is 0 Å². The standard InChI is InChI=1S/C23H26FN3O4S/c1-17-7-9-19(10-8-17)32(30,31)26-12-4-11-25(13-14-26)23(29)18-15-22(28)27(16-18)21-6-3-2-5-20(21)24/h2-3,5-10,18H,4,11-16H2,1H3. The Morgan fingerprint density at radius 1 is 1.00 bits per heavy atom. The number of para-hydroxylation sites is 1. The number of aryl methyl sites for hydroxylation is 1. The fraction of sp³-hybridized carbons (Fsp3) is 0.391. The lowest BCUT2D eigenvalue weighted by Crippen LogP contribution is -2.40. The molecule has 2 aromatic carbocycles. The highest BCUT2D eigenvalue weighted by Crippen LogP contribution is 2.29. The highest BCUT2D eigenvalue weighted by Gasteiger charge is 2.39. The predicted molar refractivity (Wildman–Crippen MR) is 118 cm³/mol. The molecule has 7 nitrogen and oxygen atoms in total. The van der Waals surface area contributed by atoms with Gasteiger partial charge in [0.2, 0.25) is 21.8 Å². The fourth-order valence-corrected chi connectivity index (χ4v) is 5.72.